The van der Waals surface area contributed by atoms with Crippen LogP contribution >= 0.6 is 11.3 Å². The maximum absolute atomic E-state index is 11.9. The highest BCUT2D eigenvalue weighted by atomic mass is 32.1. The first-order valence-electron chi connectivity index (χ1n) is 6.44. The molecule has 0 saturated carbocycles. The minimum atomic E-state index is 0.252. The van der Waals surface area contributed by atoms with Gasteiger partial charge in [-0.05, 0) is 44.7 Å². The van der Waals surface area contributed by atoms with Crippen LogP contribution in [-0.4, -0.2) is 29.8 Å². The van der Waals surface area contributed by atoms with Crippen LogP contribution in [0.4, 0.5) is 0 Å². The molecule has 0 radical (unpaired) electrons. The smallest absolute Gasteiger partial charge is 0.133 e. The second kappa shape index (κ2) is 4.21. The van der Waals surface area contributed by atoms with Crippen LogP contribution in [0.1, 0.15) is 37.0 Å². The number of ketones is 1. The topological polar surface area (TPSA) is 20.3 Å². The first-order valence-corrected chi connectivity index (χ1v) is 7.32. The number of rotatable bonds is 2. The van der Waals surface area contributed by atoms with Crippen molar-refractivity contribution in [2.24, 2.45) is 5.92 Å². The average Bonchev–Trinajstić information content (AvgIpc) is 2.87. The molecule has 3 heterocycles. The Hall–Kier alpha value is -0.670. The molecule has 2 fully saturated rings. The van der Waals surface area contributed by atoms with Gasteiger partial charge in [0, 0.05) is 28.8 Å². The number of Topliss-reactive ketones (excluding diaryl/α,β-unsaturated/α-hetero) is 1. The Balaban J connectivity index is 1.98. The fourth-order valence-electron chi connectivity index (χ4n) is 3.75. The minimum absolute atomic E-state index is 0.252. The molecule has 1 aromatic heterocycles. The van der Waals surface area contributed by atoms with Gasteiger partial charge in [0.25, 0.3) is 0 Å². The third-order valence-electron chi connectivity index (χ3n) is 4.66. The molecule has 17 heavy (non-hydrogen) atoms. The van der Waals surface area contributed by atoms with E-state index in [2.05, 4.69) is 29.5 Å². The lowest BCUT2D eigenvalue weighted by Gasteiger charge is -2.41. The van der Waals surface area contributed by atoms with E-state index < -0.39 is 0 Å². The number of carbonyl (C=O) groups is 1. The summed E-state index contributed by atoms with van der Waals surface area (Å²) >= 11 is 1.81. The highest BCUT2D eigenvalue weighted by Gasteiger charge is 2.47. The largest absolute Gasteiger partial charge is 0.300 e. The molecule has 92 valence electrons. The first kappa shape index (κ1) is 11.4. The third-order valence-corrected chi connectivity index (χ3v) is 5.64. The predicted octanol–water partition coefficient (Wildman–Crippen LogP) is 2.90. The van der Waals surface area contributed by atoms with E-state index in [-0.39, 0.29) is 5.92 Å². The second-order valence-corrected chi connectivity index (χ2v) is 6.44. The molecular weight excluding hydrogens is 230 g/mol. The fraction of sp³-hybridized carbons (Fsp3) is 0.643. The van der Waals surface area contributed by atoms with Crippen molar-refractivity contribution in [3.05, 3.63) is 22.4 Å². The number of fused-ring (bicyclic) bond motifs is 2. The Kier molecular flexibility index (Phi) is 2.83. The van der Waals surface area contributed by atoms with E-state index in [1.807, 2.05) is 11.3 Å². The SMILES string of the molecule is CC(=O)C1CC2CCC(C1c1cccs1)N2C. The second-order valence-electron chi connectivity index (χ2n) is 5.46. The first-order chi connectivity index (χ1) is 8.18. The highest BCUT2D eigenvalue weighted by molar-refractivity contribution is 7.10. The predicted molar refractivity (Wildman–Crippen MR) is 70.4 cm³/mol. The number of hydrogen-bond acceptors (Lipinski definition) is 3. The van der Waals surface area contributed by atoms with Crippen molar-refractivity contribution >= 4 is 17.1 Å². The van der Waals surface area contributed by atoms with Crippen LogP contribution in [0.15, 0.2) is 17.5 Å². The monoisotopic (exact) mass is 249 g/mol. The summed E-state index contributed by atoms with van der Waals surface area (Å²) in [6.07, 6.45) is 3.59. The summed E-state index contributed by atoms with van der Waals surface area (Å²) in [6, 6.07) is 5.54. The van der Waals surface area contributed by atoms with E-state index in [9.17, 15) is 4.79 Å². The highest BCUT2D eigenvalue weighted by Crippen LogP contribution is 2.47. The van der Waals surface area contributed by atoms with Crippen LogP contribution in [-0.2, 0) is 4.79 Å². The molecule has 2 aliphatic rings. The van der Waals surface area contributed by atoms with E-state index in [1.54, 1.807) is 6.92 Å². The van der Waals surface area contributed by atoms with Crippen LogP contribution in [0.2, 0.25) is 0 Å². The lowest BCUT2D eigenvalue weighted by molar-refractivity contribution is -0.123. The number of piperidine rings is 1. The van der Waals surface area contributed by atoms with Gasteiger partial charge in [-0.25, -0.2) is 0 Å². The summed E-state index contributed by atoms with van der Waals surface area (Å²) in [6.45, 7) is 1.77. The molecule has 0 aliphatic carbocycles. The summed E-state index contributed by atoms with van der Waals surface area (Å²) in [4.78, 5) is 15.8. The van der Waals surface area contributed by atoms with Crippen LogP contribution in [0, 0.1) is 5.92 Å². The number of hydrogen-bond donors (Lipinski definition) is 0. The summed E-state index contributed by atoms with van der Waals surface area (Å²) < 4.78 is 0. The van der Waals surface area contributed by atoms with Gasteiger partial charge >= 0.3 is 0 Å². The van der Waals surface area contributed by atoms with Crippen LogP contribution in [0.25, 0.3) is 0 Å². The van der Waals surface area contributed by atoms with Gasteiger partial charge in [0.1, 0.15) is 5.78 Å². The van der Waals surface area contributed by atoms with Gasteiger partial charge in [-0.2, -0.15) is 0 Å². The van der Waals surface area contributed by atoms with Crippen molar-refractivity contribution in [1.29, 1.82) is 0 Å². The summed E-state index contributed by atoms with van der Waals surface area (Å²) in [7, 11) is 2.24. The van der Waals surface area contributed by atoms with E-state index in [0.29, 0.717) is 23.8 Å². The van der Waals surface area contributed by atoms with Gasteiger partial charge in [0.05, 0.1) is 0 Å². The number of likely N-dealkylation sites (N-methyl/N-ethyl adjacent to an activating group) is 1. The minimum Gasteiger partial charge on any atom is -0.300 e. The van der Waals surface area contributed by atoms with Crippen LogP contribution in [0.3, 0.4) is 0 Å². The molecule has 2 aliphatic heterocycles. The van der Waals surface area contributed by atoms with Crippen molar-refractivity contribution in [2.45, 2.75) is 44.2 Å². The van der Waals surface area contributed by atoms with Crippen molar-refractivity contribution in [2.75, 3.05) is 7.05 Å². The van der Waals surface area contributed by atoms with Crippen LogP contribution in [0.5, 0.6) is 0 Å². The van der Waals surface area contributed by atoms with Crippen LogP contribution < -0.4 is 0 Å². The quantitative estimate of drug-likeness (QED) is 0.803. The Morgan fingerprint density at radius 2 is 2.29 bits per heavy atom. The Bertz CT molecular complexity index is 414. The van der Waals surface area contributed by atoms with Crippen molar-refractivity contribution in [3.8, 4) is 0 Å². The van der Waals surface area contributed by atoms with Gasteiger partial charge in [0.2, 0.25) is 0 Å². The molecule has 4 unspecified atom stereocenters. The Morgan fingerprint density at radius 3 is 2.94 bits per heavy atom. The van der Waals surface area contributed by atoms with E-state index in [1.165, 1.54) is 17.7 Å². The Labute approximate surface area is 107 Å². The van der Waals surface area contributed by atoms with Gasteiger partial charge in [0.15, 0.2) is 0 Å². The molecule has 0 amide bonds. The van der Waals surface area contributed by atoms with E-state index >= 15 is 0 Å². The maximum Gasteiger partial charge on any atom is 0.133 e. The molecule has 3 rings (SSSR count). The van der Waals surface area contributed by atoms with E-state index in [0.717, 1.165) is 6.42 Å². The lowest BCUT2D eigenvalue weighted by Crippen LogP contribution is -2.46. The molecule has 0 spiro atoms. The number of carbonyl (C=O) groups excluding carboxylic acids is 1. The average molecular weight is 249 g/mol. The zero-order chi connectivity index (χ0) is 12.0. The number of thiophene rings is 1. The molecule has 0 N–H and O–H groups in total. The lowest BCUT2D eigenvalue weighted by atomic mass is 9.77. The molecule has 0 aromatic carbocycles. The summed E-state index contributed by atoms with van der Waals surface area (Å²) in [5.74, 6) is 1.08. The molecule has 2 saturated heterocycles. The molecule has 2 bridgehead atoms. The standard InChI is InChI=1S/C14H19NOS/c1-9(16)11-8-10-5-6-12(15(10)2)14(11)13-4-3-7-17-13/h3-4,7,10-12,14H,5-6,8H2,1-2H3. The van der Waals surface area contributed by atoms with E-state index in [4.69, 9.17) is 0 Å². The molecule has 1 aromatic rings. The van der Waals surface area contributed by atoms with Gasteiger partial charge in [-0.15, -0.1) is 11.3 Å². The molecule has 2 nitrogen and oxygen atoms in total. The summed E-state index contributed by atoms with van der Waals surface area (Å²) in [5, 5.41) is 2.13. The zero-order valence-electron chi connectivity index (χ0n) is 10.4. The maximum atomic E-state index is 11.9. The van der Waals surface area contributed by atoms with Crippen molar-refractivity contribution in [1.82, 2.24) is 4.90 Å². The van der Waals surface area contributed by atoms with Gasteiger partial charge in [-0.1, -0.05) is 6.07 Å². The Morgan fingerprint density at radius 1 is 1.47 bits per heavy atom. The normalized spacial score (nSPS) is 37.3. The fourth-order valence-corrected chi connectivity index (χ4v) is 4.70. The van der Waals surface area contributed by atoms with Gasteiger partial charge in [-0.3, -0.25) is 9.69 Å². The summed E-state index contributed by atoms with van der Waals surface area (Å²) in [5.41, 5.74) is 0. The zero-order valence-corrected chi connectivity index (χ0v) is 11.2. The molecule has 3 heteroatoms. The van der Waals surface area contributed by atoms with Crippen molar-refractivity contribution in [3.63, 3.8) is 0 Å². The van der Waals surface area contributed by atoms with Crippen molar-refractivity contribution < 1.29 is 4.79 Å². The molecule has 4 atom stereocenters. The molecular formula is C14H19NOS. The van der Waals surface area contributed by atoms with Gasteiger partial charge < -0.3 is 0 Å². The number of nitrogens with zero attached hydrogens (tertiary/aromatic N) is 1. The third kappa shape index (κ3) is 1.76.